The number of fused-ring (bicyclic) bond motifs is 2. The third-order valence-electron chi connectivity index (χ3n) is 5.32. The number of para-hydroxylation sites is 1. The lowest BCUT2D eigenvalue weighted by Crippen LogP contribution is -2.35. The Labute approximate surface area is 163 Å². The Bertz CT molecular complexity index is 1010. The van der Waals surface area contributed by atoms with Gasteiger partial charge in [-0.15, -0.1) is 0 Å². The van der Waals surface area contributed by atoms with Crippen molar-refractivity contribution in [3.8, 4) is 0 Å². The molecule has 3 aromatic rings. The number of aromatic nitrogens is 3. The molecule has 0 aliphatic carbocycles. The average Bonchev–Trinajstić information content (AvgIpc) is 3.17. The Balaban J connectivity index is 1.41. The van der Waals surface area contributed by atoms with Crippen molar-refractivity contribution in [3.63, 3.8) is 0 Å². The highest BCUT2D eigenvalue weighted by Crippen LogP contribution is 2.19. The summed E-state index contributed by atoms with van der Waals surface area (Å²) in [4.78, 5) is 25.2. The lowest BCUT2D eigenvalue weighted by atomic mass is 10.1. The molecule has 1 amide bonds. The number of benzene rings is 1. The molecule has 0 spiro atoms. The van der Waals surface area contributed by atoms with Crippen molar-refractivity contribution in [3.05, 3.63) is 52.4 Å². The molecule has 1 aliphatic heterocycles. The number of furan rings is 1. The highest BCUT2D eigenvalue weighted by Gasteiger charge is 2.23. The van der Waals surface area contributed by atoms with Crippen LogP contribution in [0.5, 0.6) is 0 Å². The highest BCUT2D eigenvalue weighted by molar-refractivity contribution is 5.96. The number of nitrogens with one attached hydrogen (secondary N) is 1. The molecule has 1 atom stereocenters. The van der Waals surface area contributed by atoms with Crippen LogP contribution in [0.3, 0.4) is 0 Å². The van der Waals surface area contributed by atoms with Gasteiger partial charge in [0.15, 0.2) is 5.76 Å². The molecule has 1 aromatic carbocycles. The minimum absolute atomic E-state index is 0.00840. The molecule has 7 nitrogen and oxygen atoms in total. The Morgan fingerprint density at radius 2 is 2.14 bits per heavy atom. The molecular formula is C21H26N4O3. The fourth-order valence-corrected chi connectivity index (χ4v) is 3.65. The van der Waals surface area contributed by atoms with E-state index in [0.29, 0.717) is 43.2 Å². The SMILES string of the molecule is CC(C)CCn1nc2n(c1=O)CCC(NC(=O)c1cc3ccccc3o1)CC2. The van der Waals surface area contributed by atoms with E-state index < -0.39 is 0 Å². The molecule has 0 radical (unpaired) electrons. The lowest BCUT2D eigenvalue weighted by molar-refractivity contribution is 0.0907. The van der Waals surface area contributed by atoms with Gasteiger partial charge in [0.05, 0.1) is 0 Å². The van der Waals surface area contributed by atoms with Gasteiger partial charge in [-0.1, -0.05) is 32.0 Å². The molecule has 1 N–H and O–H groups in total. The third-order valence-corrected chi connectivity index (χ3v) is 5.32. The molecule has 148 valence electrons. The molecule has 1 aliphatic rings. The van der Waals surface area contributed by atoms with E-state index in [1.54, 1.807) is 15.3 Å². The number of amides is 1. The molecule has 0 saturated heterocycles. The zero-order valence-electron chi connectivity index (χ0n) is 16.4. The van der Waals surface area contributed by atoms with Crippen molar-refractivity contribution in [2.24, 2.45) is 5.92 Å². The highest BCUT2D eigenvalue weighted by atomic mass is 16.3. The zero-order chi connectivity index (χ0) is 19.7. The quantitative estimate of drug-likeness (QED) is 0.735. The number of nitrogens with zero attached hydrogens (tertiary/aromatic N) is 3. The predicted molar refractivity (Wildman–Crippen MR) is 106 cm³/mol. The summed E-state index contributed by atoms with van der Waals surface area (Å²) in [6.45, 7) is 5.51. The van der Waals surface area contributed by atoms with E-state index in [1.165, 1.54) is 0 Å². The van der Waals surface area contributed by atoms with Gasteiger partial charge in [-0.05, 0) is 37.3 Å². The Hall–Kier alpha value is -2.83. The van der Waals surface area contributed by atoms with Crippen LogP contribution in [0, 0.1) is 5.92 Å². The Kier molecular flexibility index (Phi) is 5.07. The first kappa shape index (κ1) is 18.5. The summed E-state index contributed by atoms with van der Waals surface area (Å²) < 4.78 is 8.99. The van der Waals surface area contributed by atoms with Crippen molar-refractivity contribution < 1.29 is 9.21 Å². The molecule has 28 heavy (non-hydrogen) atoms. The molecule has 3 heterocycles. The number of carbonyl (C=O) groups excluding carboxylic acids is 1. The number of rotatable bonds is 5. The van der Waals surface area contributed by atoms with Crippen molar-refractivity contribution in [2.75, 3.05) is 0 Å². The van der Waals surface area contributed by atoms with Crippen LogP contribution in [-0.2, 0) is 19.5 Å². The summed E-state index contributed by atoms with van der Waals surface area (Å²) >= 11 is 0. The molecule has 2 aromatic heterocycles. The van der Waals surface area contributed by atoms with Crippen molar-refractivity contribution in [1.82, 2.24) is 19.7 Å². The maximum absolute atomic E-state index is 12.6. The molecule has 1 unspecified atom stereocenters. The number of carbonyl (C=O) groups is 1. The van der Waals surface area contributed by atoms with Crippen LogP contribution < -0.4 is 11.0 Å². The second-order valence-electron chi connectivity index (χ2n) is 7.90. The lowest BCUT2D eigenvalue weighted by Gasteiger charge is -2.15. The van der Waals surface area contributed by atoms with Crippen molar-refractivity contribution in [2.45, 2.75) is 58.7 Å². The van der Waals surface area contributed by atoms with Crippen LogP contribution in [0.25, 0.3) is 11.0 Å². The zero-order valence-corrected chi connectivity index (χ0v) is 16.4. The maximum atomic E-state index is 12.6. The summed E-state index contributed by atoms with van der Waals surface area (Å²) in [5.74, 6) is 1.45. The first-order valence-corrected chi connectivity index (χ1v) is 9.97. The molecular weight excluding hydrogens is 356 g/mol. The van der Waals surface area contributed by atoms with Gasteiger partial charge < -0.3 is 9.73 Å². The summed E-state index contributed by atoms with van der Waals surface area (Å²) in [5, 5.41) is 8.48. The summed E-state index contributed by atoms with van der Waals surface area (Å²) in [7, 11) is 0. The fraction of sp³-hybridized carbons (Fsp3) is 0.476. The smallest absolute Gasteiger partial charge is 0.345 e. The normalized spacial score (nSPS) is 16.9. The second kappa shape index (κ2) is 7.66. The van der Waals surface area contributed by atoms with E-state index in [4.69, 9.17) is 4.42 Å². The topological polar surface area (TPSA) is 82.1 Å². The summed E-state index contributed by atoms with van der Waals surface area (Å²) in [5.41, 5.74) is 0.663. The molecule has 0 saturated carbocycles. The molecule has 0 bridgehead atoms. The van der Waals surface area contributed by atoms with Crippen LogP contribution in [-0.4, -0.2) is 26.3 Å². The first-order valence-electron chi connectivity index (χ1n) is 9.97. The molecule has 4 rings (SSSR count). The van der Waals surface area contributed by atoms with E-state index in [1.807, 2.05) is 24.3 Å². The minimum Gasteiger partial charge on any atom is -0.451 e. The Morgan fingerprint density at radius 3 is 2.93 bits per heavy atom. The number of aryl methyl sites for hydroxylation is 2. The van der Waals surface area contributed by atoms with Gasteiger partial charge in [0.25, 0.3) is 5.91 Å². The van der Waals surface area contributed by atoms with Crippen LogP contribution in [0.1, 0.15) is 49.5 Å². The fourth-order valence-electron chi connectivity index (χ4n) is 3.65. The first-order chi connectivity index (χ1) is 13.5. The van der Waals surface area contributed by atoms with Gasteiger partial charge >= 0.3 is 5.69 Å². The van der Waals surface area contributed by atoms with E-state index in [2.05, 4.69) is 24.3 Å². The van der Waals surface area contributed by atoms with Crippen LogP contribution >= 0.6 is 0 Å². The summed E-state index contributed by atoms with van der Waals surface area (Å²) in [6, 6.07) is 9.32. The van der Waals surface area contributed by atoms with Gasteiger partial charge in [-0.25, -0.2) is 9.48 Å². The van der Waals surface area contributed by atoms with E-state index >= 15 is 0 Å². The van der Waals surface area contributed by atoms with Crippen LogP contribution in [0.2, 0.25) is 0 Å². The predicted octanol–water partition coefficient (Wildman–Crippen LogP) is 2.97. The second-order valence-corrected chi connectivity index (χ2v) is 7.90. The van der Waals surface area contributed by atoms with Gasteiger partial charge in [-0.3, -0.25) is 9.36 Å². The third kappa shape index (κ3) is 3.74. The van der Waals surface area contributed by atoms with Gasteiger partial charge in [0.2, 0.25) is 0 Å². The van der Waals surface area contributed by atoms with E-state index in [0.717, 1.165) is 24.1 Å². The standard InChI is InChI=1S/C21H26N4O3/c1-14(2)9-12-25-21(27)24-11-10-16(7-8-19(24)23-25)22-20(26)18-13-15-5-3-4-6-17(15)28-18/h3-6,13-14,16H,7-12H2,1-2H3,(H,22,26). The number of hydrogen-bond acceptors (Lipinski definition) is 4. The molecule has 0 fully saturated rings. The monoisotopic (exact) mass is 382 g/mol. The number of hydrogen-bond donors (Lipinski definition) is 1. The maximum Gasteiger partial charge on any atom is 0.345 e. The van der Waals surface area contributed by atoms with Gasteiger partial charge in [-0.2, -0.15) is 5.10 Å². The van der Waals surface area contributed by atoms with Crippen LogP contribution in [0.4, 0.5) is 0 Å². The summed E-state index contributed by atoms with van der Waals surface area (Å²) in [6.07, 6.45) is 3.07. The van der Waals surface area contributed by atoms with Crippen molar-refractivity contribution in [1.29, 1.82) is 0 Å². The van der Waals surface area contributed by atoms with E-state index in [9.17, 15) is 9.59 Å². The molecule has 7 heteroatoms. The van der Waals surface area contributed by atoms with Crippen molar-refractivity contribution >= 4 is 16.9 Å². The Morgan fingerprint density at radius 1 is 1.32 bits per heavy atom. The van der Waals surface area contributed by atoms with Gasteiger partial charge in [0, 0.05) is 30.9 Å². The van der Waals surface area contributed by atoms with E-state index in [-0.39, 0.29) is 17.6 Å². The largest absolute Gasteiger partial charge is 0.451 e. The minimum atomic E-state index is -0.213. The van der Waals surface area contributed by atoms with Gasteiger partial charge in [0.1, 0.15) is 11.4 Å². The average molecular weight is 382 g/mol. The van der Waals surface area contributed by atoms with Crippen LogP contribution in [0.15, 0.2) is 39.5 Å².